The second-order valence-corrected chi connectivity index (χ2v) is 3.06. The van der Waals surface area contributed by atoms with Crippen molar-refractivity contribution in [3.8, 4) is 5.75 Å². The first kappa shape index (κ1) is 11.8. The van der Waals surface area contributed by atoms with Gasteiger partial charge in [0, 0.05) is 11.6 Å². The van der Waals surface area contributed by atoms with E-state index in [1.807, 2.05) is 0 Å². The molecule has 0 saturated carbocycles. The fourth-order valence-corrected chi connectivity index (χ4v) is 1.10. The van der Waals surface area contributed by atoms with E-state index in [0.29, 0.717) is 0 Å². The monoisotopic (exact) mass is 220 g/mol. The Morgan fingerprint density at radius 3 is 2.53 bits per heavy atom. The molecule has 1 rings (SSSR count). The van der Waals surface area contributed by atoms with E-state index in [0.717, 1.165) is 6.07 Å². The molecule has 0 spiro atoms. The lowest BCUT2D eigenvalue weighted by Gasteiger charge is -2.09. The maximum atomic E-state index is 13.2. The van der Waals surface area contributed by atoms with Crippen molar-refractivity contribution in [3.05, 3.63) is 29.6 Å². The van der Waals surface area contributed by atoms with Crippen LogP contribution >= 0.6 is 0 Å². The lowest BCUT2D eigenvalue weighted by Crippen LogP contribution is -2.07. The van der Waals surface area contributed by atoms with Crippen molar-refractivity contribution >= 4 is 0 Å². The molecule has 1 atom stereocenters. The third kappa shape index (κ3) is 3.43. The van der Waals surface area contributed by atoms with Gasteiger partial charge in [-0.05, 0) is 19.1 Å². The average Bonchev–Trinajstić information content (AvgIpc) is 2.14. The lowest BCUT2D eigenvalue weighted by molar-refractivity contribution is 0.0816. The van der Waals surface area contributed by atoms with Gasteiger partial charge in [0.2, 0.25) is 0 Å². The Labute approximate surface area is 85.3 Å². The number of hydrogen-bond acceptors (Lipinski definition) is 2. The van der Waals surface area contributed by atoms with E-state index >= 15 is 0 Å². The molecule has 0 bridgehead atoms. The number of rotatable bonds is 4. The topological polar surface area (TPSA) is 29.5 Å². The summed E-state index contributed by atoms with van der Waals surface area (Å²) in [4.78, 5) is 0. The van der Waals surface area contributed by atoms with Gasteiger partial charge < -0.3 is 9.84 Å². The minimum atomic E-state index is -2.59. The van der Waals surface area contributed by atoms with E-state index in [-0.39, 0.29) is 11.3 Å². The zero-order valence-electron chi connectivity index (χ0n) is 8.08. The van der Waals surface area contributed by atoms with Crippen molar-refractivity contribution in [2.75, 3.05) is 6.61 Å². The Morgan fingerprint density at radius 1 is 1.40 bits per heavy atom. The smallest absolute Gasteiger partial charge is 0.272 e. The number of aliphatic hydroxyl groups is 1. The average molecular weight is 220 g/mol. The van der Waals surface area contributed by atoms with Crippen LogP contribution in [0.3, 0.4) is 0 Å². The van der Waals surface area contributed by atoms with E-state index in [2.05, 4.69) is 4.74 Å². The van der Waals surface area contributed by atoms with Crippen LogP contribution in [0.5, 0.6) is 5.75 Å². The summed E-state index contributed by atoms with van der Waals surface area (Å²) in [6, 6.07) is 3.62. The van der Waals surface area contributed by atoms with Crippen molar-refractivity contribution in [2.45, 2.75) is 19.5 Å². The maximum absolute atomic E-state index is 13.2. The van der Waals surface area contributed by atoms with Gasteiger partial charge in [-0.2, -0.15) is 0 Å². The van der Waals surface area contributed by atoms with Gasteiger partial charge in [0.1, 0.15) is 18.2 Å². The molecule has 0 heterocycles. The number of halogens is 3. The minimum absolute atomic E-state index is 0.0252. The molecule has 5 heteroatoms. The number of hydrogen-bond donors (Lipinski definition) is 1. The molecule has 0 fully saturated rings. The van der Waals surface area contributed by atoms with Gasteiger partial charge in [-0.25, -0.2) is 13.2 Å². The number of aliphatic hydroxyl groups excluding tert-OH is 1. The van der Waals surface area contributed by atoms with Gasteiger partial charge in [-0.15, -0.1) is 0 Å². The summed E-state index contributed by atoms with van der Waals surface area (Å²) in [5.41, 5.74) is 0.111. The molecule has 84 valence electrons. The fraction of sp³-hybridized carbons (Fsp3) is 0.400. The predicted octanol–water partition coefficient (Wildman–Crippen LogP) is 2.52. The Morgan fingerprint density at radius 2 is 2.07 bits per heavy atom. The Hall–Kier alpha value is -1.23. The first-order valence-electron chi connectivity index (χ1n) is 4.39. The van der Waals surface area contributed by atoms with E-state index in [1.54, 1.807) is 0 Å². The predicted molar refractivity (Wildman–Crippen MR) is 48.5 cm³/mol. The van der Waals surface area contributed by atoms with E-state index in [4.69, 9.17) is 5.11 Å². The van der Waals surface area contributed by atoms with Crippen LogP contribution in [0.4, 0.5) is 13.2 Å². The van der Waals surface area contributed by atoms with Crippen LogP contribution in [-0.2, 0) is 0 Å². The van der Waals surface area contributed by atoms with Crippen LogP contribution in [0, 0.1) is 5.82 Å². The molecule has 15 heavy (non-hydrogen) atoms. The Bertz CT molecular complexity index is 326. The summed E-state index contributed by atoms with van der Waals surface area (Å²) in [7, 11) is 0. The van der Waals surface area contributed by atoms with E-state index in [9.17, 15) is 13.2 Å². The maximum Gasteiger partial charge on any atom is 0.272 e. The van der Waals surface area contributed by atoms with Crippen LogP contribution in [0.1, 0.15) is 18.6 Å². The Balaban J connectivity index is 2.73. The van der Waals surface area contributed by atoms with Crippen LogP contribution in [0.15, 0.2) is 18.2 Å². The van der Waals surface area contributed by atoms with Crippen LogP contribution in [0.25, 0.3) is 0 Å². The SMILES string of the molecule is C[C@@H](O)c1ccc(OCC(F)F)cc1F. The molecular weight excluding hydrogens is 209 g/mol. The lowest BCUT2D eigenvalue weighted by atomic mass is 10.1. The van der Waals surface area contributed by atoms with Crippen molar-refractivity contribution in [2.24, 2.45) is 0 Å². The van der Waals surface area contributed by atoms with E-state index < -0.39 is 25.0 Å². The standard InChI is InChI=1S/C10H11F3O2/c1-6(14)8-3-2-7(4-9(8)11)15-5-10(12)13/h2-4,6,10,14H,5H2,1H3/t6-/m1/s1. The zero-order valence-corrected chi connectivity index (χ0v) is 8.08. The molecule has 0 aromatic heterocycles. The van der Waals surface area contributed by atoms with Gasteiger partial charge >= 0.3 is 0 Å². The molecule has 0 saturated heterocycles. The molecule has 0 aliphatic carbocycles. The van der Waals surface area contributed by atoms with E-state index in [1.165, 1.54) is 19.1 Å². The summed E-state index contributed by atoms with van der Waals surface area (Å²) in [5, 5.41) is 9.11. The molecule has 1 aromatic rings. The highest BCUT2D eigenvalue weighted by Gasteiger charge is 2.10. The largest absolute Gasteiger partial charge is 0.488 e. The molecule has 2 nitrogen and oxygen atoms in total. The van der Waals surface area contributed by atoms with Crippen LogP contribution in [-0.4, -0.2) is 18.1 Å². The van der Waals surface area contributed by atoms with Crippen LogP contribution < -0.4 is 4.74 Å². The van der Waals surface area contributed by atoms with Gasteiger partial charge in [0.25, 0.3) is 6.43 Å². The Kier molecular flexibility index (Phi) is 3.96. The summed E-state index contributed by atoms with van der Waals surface area (Å²) in [6.07, 6.45) is -3.53. The van der Waals surface area contributed by atoms with Crippen molar-refractivity contribution in [1.29, 1.82) is 0 Å². The first-order chi connectivity index (χ1) is 7.00. The zero-order chi connectivity index (χ0) is 11.4. The number of ether oxygens (including phenoxy) is 1. The van der Waals surface area contributed by atoms with Gasteiger partial charge in [-0.1, -0.05) is 0 Å². The molecule has 0 amide bonds. The molecule has 1 N–H and O–H groups in total. The van der Waals surface area contributed by atoms with Crippen molar-refractivity contribution in [1.82, 2.24) is 0 Å². The summed E-state index contributed by atoms with van der Waals surface area (Å²) in [6.45, 7) is 0.644. The molecule has 0 aliphatic heterocycles. The first-order valence-corrected chi connectivity index (χ1v) is 4.39. The summed E-state index contributed by atoms with van der Waals surface area (Å²) in [5.74, 6) is -0.644. The van der Waals surface area contributed by atoms with Gasteiger partial charge in [0.15, 0.2) is 0 Å². The molecular formula is C10H11F3O2. The second kappa shape index (κ2) is 5.02. The van der Waals surface area contributed by atoms with Crippen molar-refractivity contribution in [3.63, 3.8) is 0 Å². The highest BCUT2D eigenvalue weighted by atomic mass is 19.3. The molecule has 0 unspecified atom stereocenters. The molecule has 1 aromatic carbocycles. The van der Waals surface area contributed by atoms with Crippen LogP contribution in [0.2, 0.25) is 0 Å². The number of alkyl halides is 2. The fourth-order valence-electron chi connectivity index (χ4n) is 1.10. The third-order valence-electron chi connectivity index (χ3n) is 1.80. The second-order valence-electron chi connectivity index (χ2n) is 3.06. The van der Waals surface area contributed by atoms with Gasteiger partial charge in [-0.3, -0.25) is 0 Å². The van der Waals surface area contributed by atoms with Crippen molar-refractivity contribution < 1.29 is 23.0 Å². The third-order valence-corrected chi connectivity index (χ3v) is 1.80. The number of benzene rings is 1. The molecule has 0 aliphatic rings. The minimum Gasteiger partial charge on any atom is -0.488 e. The highest BCUT2D eigenvalue weighted by molar-refractivity contribution is 5.29. The van der Waals surface area contributed by atoms with Gasteiger partial charge in [0.05, 0.1) is 6.10 Å². The normalized spacial score (nSPS) is 12.9. The highest BCUT2D eigenvalue weighted by Crippen LogP contribution is 2.21. The summed E-state index contributed by atoms with van der Waals surface area (Å²) >= 11 is 0. The molecule has 0 radical (unpaired) electrons. The quantitative estimate of drug-likeness (QED) is 0.844. The summed E-state index contributed by atoms with van der Waals surface area (Å²) < 4.78 is 41.3.